The van der Waals surface area contributed by atoms with Gasteiger partial charge in [0.1, 0.15) is 24.8 Å². The zero-order chi connectivity index (χ0) is 24.5. The molecule has 0 saturated carbocycles. The van der Waals surface area contributed by atoms with Crippen molar-refractivity contribution < 1.29 is 19.0 Å². The molecular weight excluding hydrogens is 446 g/mol. The lowest BCUT2D eigenvalue weighted by molar-refractivity contribution is -0.145. The molecular formula is C26H31N5O4. The Bertz CT molecular complexity index is 1260. The summed E-state index contributed by atoms with van der Waals surface area (Å²) >= 11 is 0. The van der Waals surface area contributed by atoms with Gasteiger partial charge in [0.2, 0.25) is 5.65 Å². The van der Waals surface area contributed by atoms with Gasteiger partial charge in [-0.3, -0.25) is 9.20 Å². The van der Waals surface area contributed by atoms with Gasteiger partial charge in [-0.05, 0) is 37.5 Å². The maximum absolute atomic E-state index is 12.0. The third kappa shape index (κ3) is 6.45. The van der Waals surface area contributed by atoms with E-state index in [2.05, 4.69) is 15.5 Å². The van der Waals surface area contributed by atoms with Crippen molar-refractivity contribution in [1.29, 1.82) is 0 Å². The van der Waals surface area contributed by atoms with Crippen molar-refractivity contribution in [3.63, 3.8) is 0 Å². The number of hydrogen-bond acceptors (Lipinski definition) is 8. The summed E-state index contributed by atoms with van der Waals surface area (Å²) < 4.78 is 18.1. The molecule has 0 aliphatic carbocycles. The fourth-order valence-electron chi connectivity index (χ4n) is 3.80. The number of carbonyl (C=O) groups is 1. The largest absolute Gasteiger partial charge is 0.491 e. The first-order chi connectivity index (χ1) is 17.2. The number of unbranched alkanes of at least 4 members (excludes halogenated alkanes) is 2. The Hall–Kier alpha value is -3.72. The van der Waals surface area contributed by atoms with Gasteiger partial charge in [-0.2, -0.15) is 0 Å². The van der Waals surface area contributed by atoms with E-state index in [1.807, 2.05) is 59.9 Å². The van der Waals surface area contributed by atoms with E-state index in [-0.39, 0.29) is 5.97 Å². The van der Waals surface area contributed by atoms with Gasteiger partial charge in [-0.25, -0.2) is 4.98 Å². The minimum atomic E-state index is -0.165. The van der Waals surface area contributed by atoms with Crippen molar-refractivity contribution >= 4 is 28.5 Å². The molecule has 0 aliphatic heterocycles. The lowest BCUT2D eigenvalue weighted by Crippen LogP contribution is -2.08. The second-order valence-corrected chi connectivity index (χ2v) is 8.24. The molecule has 0 saturated heterocycles. The molecule has 9 heteroatoms. The van der Waals surface area contributed by atoms with E-state index in [1.165, 1.54) is 0 Å². The highest BCUT2D eigenvalue weighted by Crippen LogP contribution is 2.25. The molecule has 0 spiro atoms. The number of hydrogen-bond donors (Lipinski definition) is 1. The van der Waals surface area contributed by atoms with E-state index in [4.69, 9.17) is 19.2 Å². The van der Waals surface area contributed by atoms with E-state index >= 15 is 0 Å². The zero-order valence-electron chi connectivity index (χ0n) is 20.2. The van der Waals surface area contributed by atoms with Crippen LogP contribution in [0.5, 0.6) is 5.75 Å². The molecule has 0 amide bonds. The van der Waals surface area contributed by atoms with Crippen LogP contribution in [0.3, 0.4) is 0 Å². The summed E-state index contributed by atoms with van der Waals surface area (Å²) in [5, 5.41) is 11.9. The van der Waals surface area contributed by atoms with Crippen LogP contribution in [0.1, 0.15) is 37.1 Å². The first-order valence-corrected chi connectivity index (χ1v) is 11.9. The minimum Gasteiger partial charge on any atom is -0.491 e. The molecule has 0 aliphatic rings. The number of ether oxygens (including phenoxy) is 3. The molecule has 2 aromatic heterocycles. The number of nitrogens with one attached hydrogen (secondary N) is 1. The van der Waals surface area contributed by atoms with Crippen LogP contribution in [-0.4, -0.2) is 52.4 Å². The van der Waals surface area contributed by atoms with Gasteiger partial charge in [-0.1, -0.05) is 36.8 Å². The van der Waals surface area contributed by atoms with Crippen LogP contribution in [0.2, 0.25) is 0 Å². The number of benzene rings is 2. The molecule has 4 aromatic rings. The topological polar surface area (TPSA) is 99.9 Å². The summed E-state index contributed by atoms with van der Waals surface area (Å²) in [6, 6.07) is 15.5. The SMILES string of the molecule is COCCOc1ccc2c(c1)nc(NCCCCCC(=O)OCc1ccccc1)c1nnc(C)n12. The van der Waals surface area contributed by atoms with Crippen LogP contribution in [0.15, 0.2) is 48.5 Å². The van der Waals surface area contributed by atoms with Crippen LogP contribution >= 0.6 is 0 Å². The van der Waals surface area contributed by atoms with Gasteiger partial charge in [0.15, 0.2) is 5.82 Å². The van der Waals surface area contributed by atoms with E-state index in [0.717, 1.165) is 47.4 Å². The molecule has 0 bridgehead atoms. The Balaban J connectivity index is 1.29. The highest BCUT2D eigenvalue weighted by Gasteiger charge is 2.13. The zero-order valence-corrected chi connectivity index (χ0v) is 20.2. The molecule has 0 atom stereocenters. The first-order valence-electron chi connectivity index (χ1n) is 11.9. The van der Waals surface area contributed by atoms with Crippen LogP contribution < -0.4 is 10.1 Å². The number of fused-ring (bicyclic) bond motifs is 3. The van der Waals surface area contributed by atoms with Crippen molar-refractivity contribution in [2.75, 3.05) is 32.2 Å². The summed E-state index contributed by atoms with van der Waals surface area (Å²) in [5.41, 5.74) is 3.39. The predicted molar refractivity (Wildman–Crippen MR) is 134 cm³/mol. The molecule has 4 rings (SSSR count). The first kappa shape index (κ1) is 24.4. The maximum Gasteiger partial charge on any atom is 0.306 e. The van der Waals surface area contributed by atoms with Gasteiger partial charge in [-0.15, -0.1) is 10.2 Å². The van der Waals surface area contributed by atoms with Crippen molar-refractivity contribution in [3.8, 4) is 5.75 Å². The predicted octanol–water partition coefficient (Wildman–Crippen LogP) is 4.33. The lowest BCUT2D eigenvalue weighted by atomic mass is 10.2. The number of esters is 1. The van der Waals surface area contributed by atoms with Crippen molar-refractivity contribution in [1.82, 2.24) is 19.6 Å². The summed E-state index contributed by atoms with van der Waals surface area (Å²) in [6.45, 7) is 3.95. The van der Waals surface area contributed by atoms with Gasteiger partial charge in [0.25, 0.3) is 0 Å². The van der Waals surface area contributed by atoms with Crippen LogP contribution in [0, 0.1) is 6.92 Å². The van der Waals surface area contributed by atoms with Crippen LogP contribution in [0.4, 0.5) is 5.82 Å². The molecule has 0 radical (unpaired) electrons. The molecule has 0 fully saturated rings. The highest BCUT2D eigenvalue weighted by molar-refractivity contribution is 5.84. The van der Waals surface area contributed by atoms with E-state index in [9.17, 15) is 4.79 Å². The second-order valence-electron chi connectivity index (χ2n) is 8.24. The Morgan fingerprint density at radius 2 is 1.89 bits per heavy atom. The van der Waals surface area contributed by atoms with Crippen molar-refractivity contribution in [2.45, 2.75) is 39.2 Å². The second kappa shape index (κ2) is 12.1. The summed E-state index contributed by atoms with van der Waals surface area (Å²) in [7, 11) is 1.65. The van der Waals surface area contributed by atoms with Crippen LogP contribution in [0.25, 0.3) is 16.7 Å². The number of aryl methyl sites for hydroxylation is 1. The molecule has 184 valence electrons. The Kier molecular flexibility index (Phi) is 8.45. The monoisotopic (exact) mass is 477 g/mol. The van der Waals surface area contributed by atoms with E-state index in [1.54, 1.807) is 7.11 Å². The summed E-state index contributed by atoms with van der Waals surface area (Å²) in [4.78, 5) is 16.8. The van der Waals surface area contributed by atoms with Crippen molar-refractivity contribution in [3.05, 3.63) is 59.9 Å². The third-order valence-corrected chi connectivity index (χ3v) is 5.61. The van der Waals surface area contributed by atoms with Gasteiger partial charge in [0, 0.05) is 26.1 Å². The number of aromatic nitrogens is 4. The Labute approximate surface area is 204 Å². The van der Waals surface area contributed by atoms with E-state index < -0.39 is 0 Å². The fraction of sp³-hybridized carbons (Fsp3) is 0.385. The number of anilines is 1. The standard InChI is InChI=1S/C26H31N5O4/c1-19-29-30-26-25(28-22-17-21(34-16-15-33-2)12-13-23(22)31(19)26)27-14-8-4-7-11-24(32)35-18-20-9-5-3-6-10-20/h3,5-6,9-10,12-13,17H,4,7-8,11,14-16,18H2,1-2H3,(H,27,28). The summed E-state index contributed by atoms with van der Waals surface area (Å²) in [6.07, 6.45) is 2.99. The number of methoxy groups -OCH3 is 1. The van der Waals surface area contributed by atoms with Gasteiger partial charge < -0.3 is 19.5 Å². The lowest BCUT2D eigenvalue weighted by Gasteiger charge is -2.11. The molecule has 35 heavy (non-hydrogen) atoms. The number of carbonyl (C=O) groups excluding carboxylic acids is 1. The summed E-state index contributed by atoms with van der Waals surface area (Å²) in [5.74, 6) is 2.03. The Morgan fingerprint density at radius 1 is 1.03 bits per heavy atom. The average Bonchev–Trinajstić information content (AvgIpc) is 3.27. The molecule has 2 heterocycles. The average molecular weight is 478 g/mol. The van der Waals surface area contributed by atoms with Crippen LogP contribution in [-0.2, 0) is 20.9 Å². The maximum atomic E-state index is 12.0. The normalized spacial score (nSPS) is 11.1. The fourth-order valence-corrected chi connectivity index (χ4v) is 3.80. The number of rotatable bonds is 13. The Morgan fingerprint density at radius 3 is 2.71 bits per heavy atom. The molecule has 0 unspecified atom stereocenters. The van der Waals surface area contributed by atoms with Gasteiger partial charge in [0.05, 0.1) is 17.6 Å². The molecule has 2 aromatic carbocycles. The molecule has 1 N–H and O–H groups in total. The quantitative estimate of drug-likeness (QED) is 0.224. The van der Waals surface area contributed by atoms with Gasteiger partial charge >= 0.3 is 5.97 Å². The minimum absolute atomic E-state index is 0.165. The molecule has 9 nitrogen and oxygen atoms in total. The van der Waals surface area contributed by atoms with Crippen molar-refractivity contribution in [2.24, 2.45) is 0 Å². The smallest absolute Gasteiger partial charge is 0.306 e. The third-order valence-electron chi connectivity index (χ3n) is 5.61. The highest BCUT2D eigenvalue weighted by atomic mass is 16.5. The number of nitrogens with zero attached hydrogens (tertiary/aromatic N) is 4. The van der Waals surface area contributed by atoms with E-state index in [0.29, 0.717) is 44.3 Å².